The van der Waals surface area contributed by atoms with Gasteiger partial charge in [-0.05, 0) is 61.0 Å². The molecule has 0 unspecified atom stereocenters. The molecule has 0 aliphatic rings. The summed E-state index contributed by atoms with van der Waals surface area (Å²) in [6.45, 7) is 1.93. The van der Waals surface area contributed by atoms with Crippen molar-refractivity contribution >= 4 is 23.8 Å². The molecule has 0 heterocycles. The van der Waals surface area contributed by atoms with Crippen molar-refractivity contribution in [2.24, 2.45) is 5.10 Å². The standard InChI is InChI=1S/C22H17N3O5/c1-15-2-6-18(7-3-15)22(27)30-20-12-4-16(5-13-20)14-23-24-21(26)17-8-10-19(11-9-17)25(28)29/h2-14H,1H3,(H,24,26). The van der Waals surface area contributed by atoms with E-state index in [0.717, 1.165) is 5.56 Å². The zero-order valence-electron chi connectivity index (χ0n) is 15.9. The Morgan fingerprint density at radius 1 is 0.933 bits per heavy atom. The summed E-state index contributed by atoms with van der Waals surface area (Å²) in [6, 6.07) is 18.8. The maximum Gasteiger partial charge on any atom is 0.343 e. The van der Waals surface area contributed by atoms with Crippen LogP contribution in [0.5, 0.6) is 5.75 Å². The zero-order valence-corrected chi connectivity index (χ0v) is 15.9. The molecule has 3 rings (SSSR count). The van der Waals surface area contributed by atoms with E-state index in [-0.39, 0.29) is 11.3 Å². The fraction of sp³-hybridized carbons (Fsp3) is 0.0455. The number of nitro benzene ring substituents is 1. The molecule has 0 aliphatic carbocycles. The first-order chi connectivity index (χ1) is 14.4. The molecule has 0 spiro atoms. The zero-order chi connectivity index (χ0) is 21.5. The molecule has 0 aliphatic heterocycles. The van der Waals surface area contributed by atoms with Gasteiger partial charge in [0.05, 0.1) is 16.7 Å². The number of nitro groups is 1. The number of nitrogens with one attached hydrogen (secondary N) is 1. The number of carbonyl (C=O) groups is 2. The van der Waals surface area contributed by atoms with Gasteiger partial charge in [-0.3, -0.25) is 14.9 Å². The van der Waals surface area contributed by atoms with Crippen LogP contribution in [-0.2, 0) is 0 Å². The van der Waals surface area contributed by atoms with Crippen LogP contribution in [0.4, 0.5) is 5.69 Å². The van der Waals surface area contributed by atoms with Crippen molar-refractivity contribution in [3.63, 3.8) is 0 Å². The molecule has 30 heavy (non-hydrogen) atoms. The molecule has 1 N–H and O–H groups in total. The summed E-state index contributed by atoms with van der Waals surface area (Å²) in [5.41, 5.74) is 4.68. The lowest BCUT2D eigenvalue weighted by Gasteiger charge is -2.05. The van der Waals surface area contributed by atoms with E-state index in [1.807, 2.05) is 19.1 Å². The Morgan fingerprint density at radius 3 is 2.13 bits per heavy atom. The highest BCUT2D eigenvalue weighted by Crippen LogP contribution is 2.14. The van der Waals surface area contributed by atoms with Crippen LogP contribution in [0.15, 0.2) is 77.9 Å². The van der Waals surface area contributed by atoms with E-state index >= 15 is 0 Å². The molecule has 0 aromatic heterocycles. The molecule has 8 nitrogen and oxygen atoms in total. The number of carbonyl (C=O) groups excluding carboxylic acids is 2. The van der Waals surface area contributed by atoms with Crippen LogP contribution in [0.25, 0.3) is 0 Å². The molecule has 150 valence electrons. The number of rotatable bonds is 6. The van der Waals surface area contributed by atoms with Crippen molar-refractivity contribution in [2.75, 3.05) is 0 Å². The first-order valence-electron chi connectivity index (χ1n) is 8.89. The van der Waals surface area contributed by atoms with Gasteiger partial charge in [-0.2, -0.15) is 5.10 Å². The third-order valence-corrected chi connectivity index (χ3v) is 4.10. The number of ether oxygens (including phenoxy) is 1. The summed E-state index contributed by atoms with van der Waals surface area (Å²) >= 11 is 0. The molecule has 1 amide bonds. The number of aryl methyl sites for hydroxylation is 1. The van der Waals surface area contributed by atoms with Crippen LogP contribution in [-0.4, -0.2) is 23.0 Å². The lowest BCUT2D eigenvalue weighted by atomic mass is 10.1. The predicted molar refractivity (Wildman–Crippen MR) is 111 cm³/mol. The SMILES string of the molecule is Cc1ccc(C(=O)Oc2ccc(C=NNC(=O)c3ccc([N+](=O)[O-])cc3)cc2)cc1. The first kappa shape index (κ1) is 20.4. The number of benzene rings is 3. The van der Waals surface area contributed by atoms with E-state index < -0.39 is 16.8 Å². The van der Waals surface area contributed by atoms with Crippen LogP contribution in [0.3, 0.4) is 0 Å². The van der Waals surface area contributed by atoms with Crippen molar-refractivity contribution in [3.8, 4) is 5.75 Å². The highest BCUT2D eigenvalue weighted by atomic mass is 16.6. The van der Waals surface area contributed by atoms with Crippen LogP contribution >= 0.6 is 0 Å². The van der Waals surface area contributed by atoms with E-state index in [1.165, 1.54) is 30.5 Å². The number of hydrogen-bond donors (Lipinski definition) is 1. The Kier molecular flexibility index (Phi) is 6.29. The van der Waals surface area contributed by atoms with E-state index in [0.29, 0.717) is 16.9 Å². The average molecular weight is 403 g/mol. The molecule has 8 heteroatoms. The van der Waals surface area contributed by atoms with Gasteiger partial charge in [-0.1, -0.05) is 17.7 Å². The van der Waals surface area contributed by atoms with Crippen LogP contribution < -0.4 is 10.2 Å². The fourth-order valence-electron chi connectivity index (χ4n) is 2.44. The minimum atomic E-state index is -0.540. The van der Waals surface area contributed by atoms with Crippen LogP contribution in [0.1, 0.15) is 31.8 Å². The Labute approximate surface area is 172 Å². The van der Waals surface area contributed by atoms with Gasteiger partial charge < -0.3 is 4.74 Å². The van der Waals surface area contributed by atoms with Gasteiger partial charge in [0, 0.05) is 17.7 Å². The van der Waals surface area contributed by atoms with Crippen molar-refractivity contribution in [1.29, 1.82) is 0 Å². The van der Waals surface area contributed by atoms with Crippen LogP contribution in [0.2, 0.25) is 0 Å². The highest BCUT2D eigenvalue weighted by molar-refractivity contribution is 5.95. The Morgan fingerprint density at radius 2 is 1.53 bits per heavy atom. The third kappa shape index (κ3) is 5.35. The monoisotopic (exact) mass is 403 g/mol. The van der Waals surface area contributed by atoms with Gasteiger partial charge >= 0.3 is 5.97 Å². The maximum absolute atomic E-state index is 12.1. The Balaban J connectivity index is 1.55. The number of amides is 1. The van der Waals surface area contributed by atoms with Gasteiger partial charge in [0.1, 0.15) is 5.75 Å². The second-order valence-electron chi connectivity index (χ2n) is 6.33. The van der Waals surface area contributed by atoms with E-state index in [2.05, 4.69) is 10.5 Å². The first-order valence-corrected chi connectivity index (χ1v) is 8.89. The summed E-state index contributed by atoms with van der Waals surface area (Å²) in [5.74, 6) is -0.566. The lowest BCUT2D eigenvalue weighted by molar-refractivity contribution is -0.384. The summed E-state index contributed by atoms with van der Waals surface area (Å²) < 4.78 is 5.32. The molecule has 0 saturated carbocycles. The van der Waals surface area contributed by atoms with E-state index in [4.69, 9.17) is 4.74 Å². The second-order valence-corrected chi connectivity index (χ2v) is 6.33. The van der Waals surface area contributed by atoms with E-state index in [1.54, 1.807) is 36.4 Å². The highest BCUT2D eigenvalue weighted by Gasteiger charge is 2.09. The quantitative estimate of drug-likeness (QED) is 0.221. The lowest BCUT2D eigenvalue weighted by Crippen LogP contribution is -2.17. The Bertz CT molecular complexity index is 1090. The number of non-ortho nitro benzene ring substituents is 1. The van der Waals surface area contributed by atoms with Gasteiger partial charge in [0.2, 0.25) is 0 Å². The largest absolute Gasteiger partial charge is 0.423 e. The minimum absolute atomic E-state index is 0.0989. The molecule has 0 fully saturated rings. The molecule has 3 aromatic carbocycles. The van der Waals surface area contributed by atoms with Crippen molar-refractivity contribution in [1.82, 2.24) is 5.43 Å². The summed E-state index contributed by atoms with van der Waals surface area (Å²) in [6.07, 6.45) is 1.43. The van der Waals surface area contributed by atoms with E-state index in [9.17, 15) is 19.7 Å². The number of hydrogen-bond acceptors (Lipinski definition) is 6. The normalized spacial score (nSPS) is 10.6. The summed E-state index contributed by atoms with van der Waals surface area (Å²) in [7, 11) is 0. The molecular formula is C22H17N3O5. The van der Waals surface area contributed by atoms with Gasteiger partial charge in [0.25, 0.3) is 11.6 Å². The van der Waals surface area contributed by atoms with Gasteiger partial charge in [0.15, 0.2) is 0 Å². The topological polar surface area (TPSA) is 111 Å². The molecule has 0 radical (unpaired) electrons. The molecular weight excluding hydrogens is 386 g/mol. The smallest absolute Gasteiger partial charge is 0.343 e. The van der Waals surface area contributed by atoms with Crippen molar-refractivity contribution in [2.45, 2.75) is 6.92 Å². The molecule has 3 aromatic rings. The van der Waals surface area contributed by atoms with Crippen molar-refractivity contribution < 1.29 is 19.2 Å². The summed E-state index contributed by atoms with van der Waals surface area (Å²) in [4.78, 5) is 34.2. The fourth-order valence-corrected chi connectivity index (χ4v) is 2.44. The second kappa shape index (κ2) is 9.24. The minimum Gasteiger partial charge on any atom is -0.423 e. The maximum atomic E-state index is 12.1. The predicted octanol–water partition coefficient (Wildman–Crippen LogP) is 3.89. The van der Waals surface area contributed by atoms with Gasteiger partial charge in [-0.25, -0.2) is 10.2 Å². The molecule has 0 bridgehead atoms. The average Bonchev–Trinajstić information content (AvgIpc) is 2.75. The number of hydrazone groups is 1. The summed E-state index contributed by atoms with van der Waals surface area (Å²) in [5, 5.41) is 14.5. The Hall–Kier alpha value is -4.33. The van der Waals surface area contributed by atoms with Gasteiger partial charge in [-0.15, -0.1) is 0 Å². The molecule has 0 atom stereocenters. The third-order valence-electron chi connectivity index (χ3n) is 4.10. The number of esters is 1. The number of nitrogens with zero attached hydrogens (tertiary/aromatic N) is 2. The van der Waals surface area contributed by atoms with Crippen LogP contribution in [0, 0.1) is 17.0 Å². The molecule has 0 saturated heterocycles. The van der Waals surface area contributed by atoms with Crippen molar-refractivity contribution in [3.05, 3.63) is 105 Å².